The zero-order chi connectivity index (χ0) is 12.5. The third-order valence-electron chi connectivity index (χ3n) is 4.33. The lowest BCUT2D eigenvalue weighted by Gasteiger charge is -2.35. The maximum atomic E-state index is 6.21. The number of aryl methyl sites for hydroxylation is 1. The van der Waals surface area contributed by atoms with E-state index < -0.39 is 0 Å². The fourth-order valence-electron chi connectivity index (χ4n) is 3.24. The van der Waals surface area contributed by atoms with E-state index in [2.05, 4.69) is 11.8 Å². The standard InChI is InChI=1S/C14H23N3S/c1-2-10-6-3-4-9-17(10)14-16-12-8-5-7-11(15)13(12)18-14/h10-11H,2-9,15H2,1H3. The largest absolute Gasteiger partial charge is 0.345 e. The van der Waals surface area contributed by atoms with Crippen molar-refractivity contribution < 1.29 is 0 Å². The quantitative estimate of drug-likeness (QED) is 0.892. The molecule has 3 nitrogen and oxygen atoms in total. The lowest BCUT2D eigenvalue weighted by Crippen LogP contribution is -2.39. The van der Waals surface area contributed by atoms with E-state index in [4.69, 9.17) is 10.7 Å². The average Bonchev–Trinajstić information content (AvgIpc) is 2.84. The zero-order valence-corrected chi connectivity index (χ0v) is 12.0. The normalized spacial score (nSPS) is 28.2. The monoisotopic (exact) mass is 265 g/mol. The minimum Gasteiger partial charge on any atom is -0.345 e. The first kappa shape index (κ1) is 12.4. The minimum atomic E-state index is 0.241. The summed E-state index contributed by atoms with van der Waals surface area (Å²) in [5.41, 5.74) is 7.49. The average molecular weight is 265 g/mol. The lowest BCUT2D eigenvalue weighted by atomic mass is 9.99. The van der Waals surface area contributed by atoms with Crippen molar-refractivity contribution in [2.45, 2.75) is 64.0 Å². The van der Waals surface area contributed by atoms with Crippen LogP contribution in [0, 0.1) is 0 Å². The van der Waals surface area contributed by atoms with Crippen LogP contribution < -0.4 is 10.6 Å². The van der Waals surface area contributed by atoms with E-state index in [1.807, 2.05) is 11.3 Å². The molecule has 100 valence electrons. The molecule has 0 amide bonds. The molecule has 2 unspecified atom stereocenters. The minimum absolute atomic E-state index is 0.241. The van der Waals surface area contributed by atoms with Gasteiger partial charge >= 0.3 is 0 Å². The van der Waals surface area contributed by atoms with Crippen molar-refractivity contribution in [3.63, 3.8) is 0 Å². The number of aromatic nitrogens is 1. The summed E-state index contributed by atoms with van der Waals surface area (Å²) in [4.78, 5) is 8.79. The summed E-state index contributed by atoms with van der Waals surface area (Å²) >= 11 is 1.86. The molecule has 1 fully saturated rings. The van der Waals surface area contributed by atoms with Gasteiger partial charge in [0.05, 0.1) is 5.69 Å². The summed E-state index contributed by atoms with van der Waals surface area (Å²) in [6.07, 6.45) is 8.71. The van der Waals surface area contributed by atoms with Crippen molar-refractivity contribution in [3.8, 4) is 0 Å². The third kappa shape index (κ3) is 2.16. The van der Waals surface area contributed by atoms with Crippen LogP contribution in [0.25, 0.3) is 0 Å². The molecule has 2 N–H and O–H groups in total. The highest BCUT2D eigenvalue weighted by molar-refractivity contribution is 7.15. The number of nitrogens with zero attached hydrogens (tertiary/aromatic N) is 2. The number of nitrogens with two attached hydrogens (primary N) is 1. The molecule has 1 saturated heterocycles. The van der Waals surface area contributed by atoms with Gasteiger partial charge in [-0.15, -0.1) is 0 Å². The van der Waals surface area contributed by atoms with Gasteiger partial charge in [-0.05, 0) is 44.9 Å². The van der Waals surface area contributed by atoms with Crippen molar-refractivity contribution in [2.75, 3.05) is 11.4 Å². The number of rotatable bonds is 2. The zero-order valence-electron chi connectivity index (χ0n) is 11.2. The molecule has 2 heterocycles. The number of anilines is 1. The maximum absolute atomic E-state index is 6.21. The Labute approximate surface area is 113 Å². The Balaban J connectivity index is 1.87. The second kappa shape index (κ2) is 5.17. The van der Waals surface area contributed by atoms with Crippen molar-refractivity contribution in [2.24, 2.45) is 5.73 Å². The van der Waals surface area contributed by atoms with Crippen LogP contribution in [0.15, 0.2) is 0 Å². The first-order valence-electron chi connectivity index (χ1n) is 7.31. The van der Waals surface area contributed by atoms with E-state index in [0.29, 0.717) is 6.04 Å². The number of hydrogen-bond acceptors (Lipinski definition) is 4. The molecule has 0 bridgehead atoms. The SMILES string of the molecule is CCC1CCCCN1c1nc2c(s1)C(N)CCC2. The van der Waals surface area contributed by atoms with E-state index in [0.717, 1.165) is 12.8 Å². The molecule has 0 saturated carbocycles. The molecule has 1 aromatic rings. The summed E-state index contributed by atoms with van der Waals surface area (Å²) < 4.78 is 0. The van der Waals surface area contributed by atoms with Crippen LogP contribution in [0.2, 0.25) is 0 Å². The summed E-state index contributed by atoms with van der Waals surface area (Å²) in [6.45, 7) is 3.47. The van der Waals surface area contributed by atoms with Crippen LogP contribution in [-0.2, 0) is 6.42 Å². The second-order valence-electron chi connectivity index (χ2n) is 5.56. The molecular weight excluding hydrogens is 242 g/mol. The van der Waals surface area contributed by atoms with Crippen LogP contribution in [0.4, 0.5) is 5.13 Å². The maximum Gasteiger partial charge on any atom is 0.186 e. The van der Waals surface area contributed by atoms with Crippen LogP contribution in [0.1, 0.15) is 62.1 Å². The molecule has 1 aromatic heterocycles. The molecule has 1 aliphatic carbocycles. The van der Waals surface area contributed by atoms with Crippen molar-refractivity contribution in [3.05, 3.63) is 10.6 Å². The van der Waals surface area contributed by atoms with E-state index in [-0.39, 0.29) is 6.04 Å². The van der Waals surface area contributed by atoms with Gasteiger partial charge in [-0.2, -0.15) is 0 Å². The predicted octanol–water partition coefficient (Wildman–Crippen LogP) is 3.25. The number of hydrogen-bond donors (Lipinski definition) is 1. The van der Waals surface area contributed by atoms with Gasteiger partial charge < -0.3 is 10.6 Å². The van der Waals surface area contributed by atoms with E-state index in [1.165, 1.54) is 54.4 Å². The Kier molecular flexibility index (Phi) is 3.57. The number of piperidine rings is 1. The Morgan fingerprint density at radius 1 is 1.33 bits per heavy atom. The van der Waals surface area contributed by atoms with Crippen molar-refractivity contribution in [1.29, 1.82) is 0 Å². The number of thiazole rings is 1. The van der Waals surface area contributed by atoms with Gasteiger partial charge in [-0.3, -0.25) is 0 Å². The van der Waals surface area contributed by atoms with Crippen LogP contribution in [-0.4, -0.2) is 17.6 Å². The van der Waals surface area contributed by atoms with Gasteiger partial charge in [-0.25, -0.2) is 4.98 Å². The molecule has 2 aliphatic rings. The molecule has 3 rings (SSSR count). The highest BCUT2D eigenvalue weighted by atomic mass is 32.1. The molecular formula is C14H23N3S. The summed E-state index contributed by atoms with van der Waals surface area (Å²) in [5, 5.41) is 1.24. The van der Waals surface area contributed by atoms with Gasteiger partial charge in [0.1, 0.15) is 0 Å². The smallest absolute Gasteiger partial charge is 0.186 e. The van der Waals surface area contributed by atoms with Crippen LogP contribution in [0.3, 0.4) is 0 Å². The Hall–Kier alpha value is -0.610. The molecule has 4 heteroatoms. The van der Waals surface area contributed by atoms with E-state index in [1.54, 1.807) is 0 Å². The molecule has 1 aliphatic heterocycles. The van der Waals surface area contributed by atoms with Gasteiger partial charge in [0.25, 0.3) is 0 Å². The van der Waals surface area contributed by atoms with Crippen LogP contribution in [0.5, 0.6) is 0 Å². The summed E-state index contributed by atoms with van der Waals surface area (Å²) in [7, 11) is 0. The van der Waals surface area contributed by atoms with Crippen molar-refractivity contribution in [1.82, 2.24) is 4.98 Å². The Morgan fingerprint density at radius 2 is 2.22 bits per heavy atom. The Morgan fingerprint density at radius 3 is 3.00 bits per heavy atom. The molecule has 0 radical (unpaired) electrons. The number of fused-ring (bicyclic) bond motifs is 1. The lowest BCUT2D eigenvalue weighted by molar-refractivity contribution is 0.449. The van der Waals surface area contributed by atoms with Gasteiger partial charge in [0.2, 0.25) is 0 Å². The van der Waals surface area contributed by atoms with Crippen molar-refractivity contribution >= 4 is 16.5 Å². The van der Waals surface area contributed by atoms with Gasteiger partial charge in [0.15, 0.2) is 5.13 Å². The molecule has 0 aromatic carbocycles. The third-order valence-corrected chi connectivity index (χ3v) is 5.59. The molecule has 18 heavy (non-hydrogen) atoms. The van der Waals surface area contributed by atoms with Crippen LogP contribution >= 0.6 is 11.3 Å². The highest BCUT2D eigenvalue weighted by Crippen LogP contribution is 2.38. The highest BCUT2D eigenvalue weighted by Gasteiger charge is 2.27. The van der Waals surface area contributed by atoms with E-state index in [9.17, 15) is 0 Å². The predicted molar refractivity (Wildman–Crippen MR) is 77.3 cm³/mol. The fourth-order valence-corrected chi connectivity index (χ4v) is 4.48. The summed E-state index contributed by atoms with van der Waals surface area (Å²) in [6, 6.07) is 0.937. The second-order valence-corrected chi connectivity index (χ2v) is 6.57. The topological polar surface area (TPSA) is 42.2 Å². The van der Waals surface area contributed by atoms with Gasteiger partial charge in [0, 0.05) is 23.5 Å². The Bertz CT molecular complexity index is 415. The first-order valence-corrected chi connectivity index (χ1v) is 8.13. The molecule has 2 atom stereocenters. The summed E-state index contributed by atoms with van der Waals surface area (Å²) in [5.74, 6) is 0. The fraction of sp³-hybridized carbons (Fsp3) is 0.786. The first-order chi connectivity index (χ1) is 8.79. The van der Waals surface area contributed by atoms with E-state index >= 15 is 0 Å². The molecule has 0 spiro atoms. The van der Waals surface area contributed by atoms with Gasteiger partial charge in [-0.1, -0.05) is 18.3 Å².